The first-order chi connectivity index (χ1) is 65.9. The van der Waals surface area contributed by atoms with Crippen LogP contribution in [0.4, 0.5) is 40.3 Å². The number of aromatic amines is 1. The number of H-pyrrole nitrogens is 1. The molecule has 4 unspecified atom stereocenters. The van der Waals surface area contributed by atoms with Gasteiger partial charge in [0.05, 0.1) is 33.4 Å². The van der Waals surface area contributed by atoms with Gasteiger partial charge in [-0.25, -0.2) is 39.9 Å². The van der Waals surface area contributed by atoms with Crippen LogP contribution in [0.15, 0.2) is 232 Å². The number of aromatic nitrogens is 13. The number of nitrogens with zero attached hydrogens (tertiary/aromatic N) is 15. The molecule has 12 aromatic rings. The topological polar surface area (TPSA) is 710 Å². The largest absolute Gasteiger partial charge is 0.412 e. The van der Waals surface area contributed by atoms with Crippen molar-refractivity contribution in [2.75, 3.05) is 54.4 Å². The van der Waals surface area contributed by atoms with Crippen LogP contribution in [0.25, 0.3) is 0 Å². The Morgan fingerprint density at radius 2 is 0.662 bits per heavy atom. The maximum absolute atomic E-state index is 13.2. The van der Waals surface area contributed by atoms with Gasteiger partial charge in [-0.15, -0.1) is 0 Å². The molecule has 16 heterocycles. The molecule has 0 fully saturated rings. The second-order valence-corrected chi connectivity index (χ2v) is 32.4. The number of hydrogen-bond acceptors (Lipinski definition) is 33. The summed E-state index contributed by atoms with van der Waals surface area (Å²) in [6.07, 6.45) is 13.3. The van der Waals surface area contributed by atoms with E-state index in [0.29, 0.717) is 105 Å². The highest BCUT2D eigenvalue weighted by Crippen LogP contribution is 2.34. The third-order valence-corrected chi connectivity index (χ3v) is 22.8. The van der Waals surface area contributed by atoms with E-state index >= 15 is 0 Å². The zero-order chi connectivity index (χ0) is 99.8. The van der Waals surface area contributed by atoms with Gasteiger partial charge >= 0.3 is 0 Å². The number of hydrazine groups is 1. The smallest absolute Gasteiger partial charge is 0.276 e. The van der Waals surface area contributed by atoms with E-state index in [0.717, 1.165) is 14.7 Å². The summed E-state index contributed by atoms with van der Waals surface area (Å²) in [6.45, 7) is 9.33. The van der Waals surface area contributed by atoms with Crippen molar-refractivity contribution in [1.29, 1.82) is 0 Å². The van der Waals surface area contributed by atoms with E-state index in [4.69, 9.17) is 46.1 Å². The maximum atomic E-state index is 13.2. The standard InChI is InChI=1S/C22H18N6O4.C18H14ClN3O4.2C14H16N6O2.C12H11NO3.C6H5ClN2O2.C4H5N3.H4N2.H2O/c1-22(9-11-27-19(30)13-4-2-3-5-14(13)20(27)31)26-18(29)16-7-6-15(21(32)28(16)22)25-17-8-10-23-12-24-17;1-18(20-14(23)13-7-6-12(19)17(26)22(13)18)8-9-21-15(24)10-4-2-3-5-11(10)16(21)25;2*1-14(5-6-15)19-12(21)10-3-2-9(13(22)20(10)14)18-11-4-7-16-8-17-11;1-8(14)6-7-13-11(15)9-4-2-3-5-10(9)12(13)16;7-3-1-2-4(5(8)10)9-6(3)11;5-4-1-2-6-3-7-4;1-2;/h2-8,10,12H,9,11H2,1H3,(H,26,29)(H,23,24,25);2-7H,8-9H2,1H3,(H,20,23);2*2-4,7-8H,5-6,15H2,1H3,(H,19,21)(H,16,17,18);2-5H,6-7H2,1H3;1-2H,(H2,8,10)(H,9,11);1-3H,(H2,5,6,7);1-2H2;1H2. The fraction of sp³-hybridized carbons (Fsp3) is 0.211. The summed E-state index contributed by atoms with van der Waals surface area (Å²) < 4.78 is 5.55. The highest BCUT2D eigenvalue weighted by molar-refractivity contribution is 6.31. The lowest BCUT2D eigenvalue weighted by Crippen LogP contribution is -2.47. The number of halogens is 2. The molecule has 0 spiro atoms. The van der Waals surface area contributed by atoms with Gasteiger partial charge in [0, 0.05) is 76.5 Å². The lowest BCUT2D eigenvalue weighted by molar-refractivity contribution is -0.117. The van der Waals surface area contributed by atoms with Crippen molar-refractivity contribution < 1.29 is 63.0 Å². The minimum absolute atomic E-state index is 0. The number of anilines is 7. The maximum Gasteiger partial charge on any atom is 0.276 e. The van der Waals surface area contributed by atoms with Crippen LogP contribution in [0, 0.1) is 0 Å². The number of hydrogen-bond donors (Lipinski definition) is 14. The molecule has 718 valence electrons. The van der Waals surface area contributed by atoms with Gasteiger partial charge in [-0.3, -0.25) is 126 Å². The summed E-state index contributed by atoms with van der Waals surface area (Å²) in [5, 5.41) is 20.1. The predicted molar refractivity (Wildman–Crippen MR) is 505 cm³/mol. The Labute approximate surface area is 796 Å². The van der Waals surface area contributed by atoms with Gasteiger partial charge in [-0.1, -0.05) is 59.6 Å². The van der Waals surface area contributed by atoms with E-state index in [2.05, 4.69) is 93.8 Å². The highest BCUT2D eigenvalue weighted by atomic mass is 35.5. The molecule has 7 aliphatic rings. The lowest BCUT2D eigenvalue weighted by Gasteiger charge is -2.29. The average molecular weight is 1940 g/mol. The number of pyridine rings is 5. The Balaban J connectivity index is 0.000000160. The summed E-state index contributed by atoms with van der Waals surface area (Å²) in [6, 6.07) is 41.5. The van der Waals surface area contributed by atoms with E-state index in [1.54, 1.807) is 174 Å². The van der Waals surface area contributed by atoms with Crippen LogP contribution in [-0.4, -0.2) is 187 Å². The summed E-state index contributed by atoms with van der Waals surface area (Å²) in [4.78, 5) is 242. The molecule has 49 heteroatoms. The van der Waals surface area contributed by atoms with E-state index in [1.165, 1.54) is 87.0 Å². The monoisotopic (exact) mass is 1940 g/mol. The quantitative estimate of drug-likeness (QED) is 0.0296. The molecule has 47 nitrogen and oxygen atoms in total. The molecule has 0 saturated heterocycles. The Morgan fingerprint density at radius 1 is 0.374 bits per heavy atom. The normalized spacial score (nSPS) is 17.4. The Morgan fingerprint density at radius 3 is 0.928 bits per heavy atom. The number of amides is 11. The minimum Gasteiger partial charge on any atom is -0.412 e. The number of imide groups is 3. The number of carbonyl (C=O) groups is 12. The molecule has 19 rings (SSSR count). The molecular formula is C90H91Cl2N29O18. The molecule has 0 saturated carbocycles. The molecule has 3 aromatic carbocycles. The van der Waals surface area contributed by atoms with Crippen LogP contribution in [0.1, 0.15) is 181 Å². The number of benzene rings is 3. The first-order valence-electron chi connectivity index (χ1n) is 41.8. The molecule has 0 aliphatic carbocycles. The molecule has 22 N–H and O–H groups in total. The zero-order valence-electron chi connectivity index (χ0n) is 74.6. The predicted octanol–water partition coefficient (Wildman–Crippen LogP) is 2.82. The number of Topliss-reactive ketones (excluding diaryl/α,β-unsaturated/α-hetero) is 1. The van der Waals surface area contributed by atoms with Gasteiger partial charge in [-0.2, -0.15) is 0 Å². The molecule has 9 aromatic heterocycles. The number of ketones is 1. The number of nitrogen functional groups attached to an aromatic ring is 1. The Hall–Kier alpha value is -17.3. The zero-order valence-corrected chi connectivity index (χ0v) is 76.1. The third-order valence-electron chi connectivity index (χ3n) is 22.2. The van der Waals surface area contributed by atoms with E-state index in [1.807, 2.05) is 0 Å². The van der Waals surface area contributed by atoms with E-state index in [9.17, 15) is 81.5 Å². The van der Waals surface area contributed by atoms with E-state index in [-0.39, 0.29) is 141 Å². The summed E-state index contributed by atoms with van der Waals surface area (Å²) in [5.41, 5.74) is 19.7. The second kappa shape index (κ2) is 43.8. The molecule has 0 bridgehead atoms. The lowest BCUT2D eigenvalue weighted by atomic mass is 10.1. The van der Waals surface area contributed by atoms with Gasteiger partial charge in [0.1, 0.15) is 133 Å². The molecular weight excluding hydrogens is 1850 g/mol. The SMILES string of the molecule is CC(=O)CCN1C(=O)c2ccccc2C1=O.CC1(CCN)NC(=O)c2ccc(Nc3ccncn3)c(=O)n21.CC1(CCN)NC(=O)c2ccc(Nc3ccncn3)c(=O)n21.CC1(CCN2C(=O)c3ccccc3C2=O)NC(=O)c2ccc(Cl)c(=O)n21.CC1(CCN2C(=O)c3ccccc3C2=O)NC(=O)c2ccc(Nc3ccncn3)c(=O)n21.NC(=O)c1ccc(Cl)c(=O)[nH]1.NN.Nc1ccncn1.O. The Kier molecular flexibility index (Phi) is 32.3. The summed E-state index contributed by atoms with van der Waals surface area (Å²) in [5.74, 6) is 5.75. The van der Waals surface area contributed by atoms with Crippen LogP contribution < -0.4 is 99.6 Å². The highest BCUT2D eigenvalue weighted by Gasteiger charge is 2.47. The second-order valence-electron chi connectivity index (χ2n) is 31.6. The van der Waals surface area contributed by atoms with Crippen LogP contribution >= 0.6 is 23.2 Å². The van der Waals surface area contributed by atoms with Crippen molar-refractivity contribution in [3.8, 4) is 0 Å². The number of rotatable bonds is 20. The van der Waals surface area contributed by atoms with Gasteiger partial charge < -0.3 is 70.6 Å². The van der Waals surface area contributed by atoms with Crippen molar-refractivity contribution in [3.05, 3.63) is 331 Å². The van der Waals surface area contributed by atoms with Crippen molar-refractivity contribution in [3.63, 3.8) is 0 Å². The minimum atomic E-state index is -1.12. The number of nitrogens with one attached hydrogen (secondary N) is 8. The Bertz CT molecular complexity index is 6880. The summed E-state index contributed by atoms with van der Waals surface area (Å²) >= 11 is 11.3. The number of fused-ring (bicyclic) bond motifs is 7. The van der Waals surface area contributed by atoms with Gasteiger partial charge in [0.15, 0.2) is 0 Å². The average Bonchev–Trinajstić information content (AvgIpc) is 1.60. The summed E-state index contributed by atoms with van der Waals surface area (Å²) in [7, 11) is 0. The van der Waals surface area contributed by atoms with Crippen LogP contribution in [0.3, 0.4) is 0 Å². The first-order valence-corrected chi connectivity index (χ1v) is 42.6. The van der Waals surface area contributed by atoms with Crippen LogP contribution in [-0.2, 0) is 27.4 Å². The van der Waals surface area contributed by atoms with Crippen molar-refractivity contribution >= 4 is 134 Å². The number of nitrogens with two attached hydrogens (primary N) is 6. The van der Waals surface area contributed by atoms with E-state index < -0.39 is 57.1 Å². The number of carbonyl (C=O) groups excluding carboxylic acids is 12. The van der Waals surface area contributed by atoms with Crippen molar-refractivity contribution in [2.45, 2.75) is 89.4 Å². The molecule has 139 heavy (non-hydrogen) atoms. The van der Waals surface area contributed by atoms with Gasteiger partial charge in [-0.05, 0) is 169 Å². The molecule has 0 radical (unpaired) electrons. The molecule has 7 aliphatic heterocycles. The third kappa shape index (κ3) is 22.1. The first kappa shape index (κ1) is 102. The van der Waals surface area contributed by atoms with Crippen molar-refractivity contribution in [2.24, 2.45) is 28.9 Å². The molecule has 4 atom stereocenters. The molecule has 11 amide bonds. The fourth-order valence-corrected chi connectivity index (χ4v) is 15.7. The van der Waals surface area contributed by atoms with Crippen LogP contribution in [0.2, 0.25) is 10.0 Å². The van der Waals surface area contributed by atoms with Gasteiger partial charge in [0.25, 0.3) is 92.8 Å². The van der Waals surface area contributed by atoms with Crippen molar-refractivity contribution in [1.82, 2.24) is 99.1 Å². The van der Waals surface area contributed by atoms with Gasteiger partial charge in [0.2, 0.25) is 0 Å². The fourth-order valence-electron chi connectivity index (χ4n) is 15.5. The number of primary amides is 1. The van der Waals surface area contributed by atoms with Crippen LogP contribution in [0.5, 0.6) is 0 Å².